The number of ether oxygens (including phenoxy) is 1. The second-order valence-electron chi connectivity index (χ2n) is 6.06. The van der Waals surface area contributed by atoms with E-state index in [4.69, 9.17) is 15.6 Å². The van der Waals surface area contributed by atoms with Crippen molar-refractivity contribution in [2.45, 2.75) is 25.7 Å². The summed E-state index contributed by atoms with van der Waals surface area (Å²) in [4.78, 5) is 19.9. The summed E-state index contributed by atoms with van der Waals surface area (Å²) in [5.41, 5.74) is 9.17. The first-order valence-electron chi connectivity index (χ1n) is 7.98. The van der Waals surface area contributed by atoms with Crippen LogP contribution in [0.25, 0.3) is 11.3 Å². The van der Waals surface area contributed by atoms with Gasteiger partial charge in [-0.15, -0.1) is 0 Å². The maximum atomic E-state index is 11.1. The SMILES string of the molecule is COc1cccc(-c2c(C#N)c(N)nc3c2CC(CC(=O)O)CC3)n1. The van der Waals surface area contributed by atoms with E-state index in [1.54, 1.807) is 18.2 Å². The van der Waals surface area contributed by atoms with Crippen molar-refractivity contribution in [1.29, 1.82) is 5.26 Å². The number of nitrogen functional groups attached to an aromatic ring is 1. The van der Waals surface area contributed by atoms with Gasteiger partial charge < -0.3 is 15.6 Å². The number of fused-ring (bicyclic) bond motifs is 1. The highest BCUT2D eigenvalue weighted by atomic mass is 16.5. The molecule has 0 aliphatic heterocycles. The third kappa shape index (κ3) is 3.24. The quantitative estimate of drug-likeness (QED) is 0.876. The Kier molecular flexibility index (Phi) is 4.52. The number of aliphatic carboxylic acids is 1. The highest BCUT2D eigenvalue weighted by molar-refractivity contribution is 5.77. The van der Waals surface area contributed by atoms with Crippen molar-refractivity contribution in [3.05, 3.63) is 35.0 Å². The molecular formula is C18H18N4O3. The number of rotatable bonds is 4. The molecule has 0 saturated heterocycles. The largest absolute Gasteiger partial charge is 0.481 e. The van der Waals surface area contributed by atoms with E-state index in [1.807, 2.05) is 0 Å². The van der Waals surface area contributed by atoms with E-state index in [0.717, 1.165) is 17.7 Å². The number of carbonyl (C=O) groups is 1. The third-order valence-electron chi connectivity index (χ3n) is 4.46. The maximum absolute atomic E-state index is 11.1. The number of hydrogen-bond acceptors (Lipinski definition) is 6. The fourth-order valence-corrected chi connectivity index (χ4v) is 3.34. The highest BCUT2D eigenvalue weighted by Crippen LogP contribution is 2.37. The Labute approximate surface area is 145 Å². The van der Waals surface area contributed by atoms with E-state index < -0.39 is 5.97 Å². The lowest BCUT2D eigenvalue weighted by Crippen LogP contribution is -2.21. The molecule has 2 aromatic rings. The zero-order valence-corrected chi connectivity index (χ0v) is 13.8. The van der Waals surface area contributed by atoms with E-state index in [-0.39, 0.29) is 23.7 Å². The van der Waals surface area contributed by atoms with E-state index in [2.05, 4.69) is 16.0 Å². The van der Waals surface area contributed by atoms with E-state index in [1.165, 1.54) is 7.11 Å². The summed E-state index contributed by atoms with van der Waals surface area (Å²) in [6, 6.07) is 7.43. The van der Waals surface area contributed by atoms with Crippen molar-refractivity contribution in [2.24, 2.45) is 5.92 Å². The number of nitriles is 1. The van der Waals surface area contributed by atoms with Gasteiger partial charge in [0.05, 0.1) is 12.8 Å². The van der Waals surface area contributed by atoms with Gasteiger partial charge in [-0.2, -0.15) is 5.26 Å². The van der Waals surface area contributed by atoms with Gasteiger partial charge in [-0.1, -0.05) is 6.07 Å². The predicted molar refractivity (Wildman–Crippen MR) is 90.9 cm³/mol. The summed E-state index contributed by atoms with van der Waals surface area (Å²) in [6.07, 6.45) is 2.01. The van der Waals surface area contributed by atoms with Crippen LogP contribution < -0.4 is 10.5 Å². The summed E-state index contributed by atoms with van der Waals surface area (Å²) in [6.45, 7) is 0. The number of hydrogen-bond donors (Lipinski definition) is 2. The molecule has 0 saturated carbocycles. The molecule has 25 heavy (non-hydrogen) atoms. The Morgan fingerprint density at radius 1 is 1.48 bits per heavy atom. The second-order valence-corrected chi connectivity index (χ2v) is 6.06. The first-order valence-corrected chi connectivity index (χ1v) is 7.98. The summed E-state index contributed by atoms with van der Waals surface area (Å²) >= 11 is 0. The molecule has 1 atom stereocenters. The molecule has 2 heterocycles. The van der Waals surface area contributed by atoms with E-state index in [0.29, 0.717) is 30.0 Å². The molecule has 0 bridgehead atoms. The van der Waals surface area contributed by atoms with Gasteiger partial charge in [0.2, 0.25) is 5.88 Å². The van der Waals surface area contributed by atoms with Gasteiger partial charge in [0.25, 0.3) is 0 Å². The van der Waals surface area contributed by atoms with Crippen molar-refractivity contribution in [2.75, 3.05) is 12.8 Å². The van der Waals surface area contributed by atoms with Gasteiger partial charge in [0.15, 0.2) is 0 Å². The number of methoxy groups -OCH3 is 1. The molecule has 1 aliphatic rings. The maximum Gasteiger partial charge on any atom is 0.303 e. The minimum absolute atomic E-state index is 0.00586. The first kappa shape index (κ1) is 16.7. The van der Waals surface area contributed by atoms with Crippen molar-refractivity contribution in [3.8, 4) is 23.2 Å². The molecule has 128 valence electrons. The van der Waals surface area contributed by atoms with E-state index >= 15 is 0 Å². The Morgan fingerprint density at radius 2 is 2.28 bits per heavy atom. The molecule has 7 nitrogen and oxygen atoms in total. The van der Waals surface area contributed by atoms with Crippen molar-refractivity contribution < 1.29 is 14.6 Å². The molecule has 0 spiro atoms. The summed E-state index contributed by atoms with van der Waals surface area (Å²) in [5, 5.41) is 18.7. The summed E-state index contributed by atoms with van der Waals surface area (Å²) in [5.74, 6) is -0.203. The van der Waals surface area contributed by atoms with Gasteiger partial charge >= 0.3 is 5.97 Å². The van der Waals surface area contributed by atoms with Crippen LogP contribution in [-0.4, -0.2) is 28.2 Å². The van der Waals surface area contributed by atoms with Crippen LogP contribution in [0.2, 0.25) is 0 Å². The Balaban J connectivity index is 2.17. The standard InChI is InChI=1S/C18H18N4O3/c1-25-15-4-2-3-14(21-15)17-11-7-10(8-16(23)24)5-6-13(11)22-18(20)12(17)9-19/h2-4,10H,5-8H2,1H3,(H2,20,22)(H,23,24). The van der Waals surface area contributed by atoms with Gasteiger partial charge in [0.1, 0.15) is 17.5 Å². The molecule has 3 N–H and O–H groups in total. The first-order chi connectivity index (χ1) is 12.0. The van der Waals surface area contributed by atoms with Gasteiger partial charge in [-0.05, 0) is 36.8 Å². The average Bonchev–Trinajstić information content (AvgIpc) is 2.60. The lowest BCUT2D eigenvalue weighted by atomic mass is 9.81. The fraction of sp³-hybridized carbons (Fsp3) is 0.333. The number of nitrogens with two attached hydrogens (primary N) is 1. The molecule has 0 amide bonds. The van der Waals surface area contributed by atoms with Crippen LogP contribution in [0.5, 0.6) is 5.88 Å². The molecule has 1 aliphatic carbocycles. The Hall–Kier alpha value is -3.14. The number of pyridine rings is 2. The van der Waals surface area contributed by atoms with Crippen molar-refractivity contribution >= 4 is 11.8 Å². The molecule has 3 rings (SSSR count). The highest BCUT2D eigenvalue weighted by Gasteiger charge is 2.28. The lowest BCUT2D eigenvalue weighted by molar-refractivity contribution is -0.138. The van der Waals surface area contributed by atoms with Crippen LogP contribution in [0, 0.1) is 17.2 Å². The molecule has 0 aromatic carbocycles. The topological polar surface area (TPSA) is 122 Å². The predicted octanol–water partition coefficient (Wildman–Crippen LogP) is 2.19. The van der Waals surface area contributed by atoms with Crippen molar-refractivity contribution in [3.63, 3.8) is 0 Å². The third-order valence-corrected chi connectivity index (χ3v) is 4.46. The fourth-order valence-electron chi connectivity index (χ4n) is 3.34. The van der Waals surface area contributed by atoms with Gasteiger partial charge in [0, 0.05) is 23.7 Å². The van der Waals surface area contributed by atoms with Crippen LogP contribution >= 0.6 is 0 Å². The summed E-state index contributed by atoms with van der Waals surface area (Å²) < 4.78 is 5.18. The Bertz CT molecular complexity index is 873. The summed E-state index contributed by atoms with van der Waals surface area (Å²) in [7, 11) is 1.52. The zero-order chi connectivity index (χ0) is 18.0. The average molecular weight is 338 g/mol. The number of carboxylic acid groups (broad SMARTS) is 1. The number of carboxylic acids is 1. The molecular weight excluding hydrogens is 320 g/mol. The lowest BCUT2D eigenvalue weighted by Gasteiger charge is -2.26. The van der Waals surface area contributed by atoms with Crippen LogP contribution in [0.3, 0.4) is 0 Å². The van der Waals surface area contributed by atoms with Crippen molar-refractivity contribution in [1.82, 2.24) is 9.97 Å². The van der Waals surface area contributed by atoms with E-state index in [9.17, 15) is 10.1 Å². The van der Waals surface area contributed by atoms with Crippen LogP contribution in [0.4, 0.5) is 5.82 Å². The minimum Gasteiger partial charge on any atom is -0.481 e. The molecule has 2 aromatic heterocycles. The smallest absolute Gasteiger partial charge is 0.303 e. The minimum atomic E-state index is -0.821. The second kappa shape index (κ2) is 6.77. The van der Waals surface area contributed by atoms with Gasteiger partial charge in [-0.25, -0.2) is 9.97 Å². The number of anilines is 1. The molecule has 0 fully saturated rings. The zero-order valence-electron chi connectivity index (χ0n) is 13.8. The van der Waals surface area contributed by atoms with Crippen LogP contribution in [0.1, 0.15) is 29.7 Å². The van der Waals surface area contributed by atoms with Crippen LogP contribution in [0.15, 0.2) is 18.2 Å². The number of aromatic nitrogens is 2. The monoisotopic (exact) mass is 338 g/mol. The molecule has 1 unspecified atom stereocenters. The number of nitrogens with zero attached hydrogens (tertiary/aromatic N) is 3. The molecule has 7 heteroatoms. The molecule has 0 radical (unpaired) electrons. The number of aryl methyl sites for hydroxylation is 1. The van der Waals surface area contributed by atoms with Gasteiger partial charge in [-0.3, -0.25) is 4.79 Å². The van der Waals surface area contributed by atoms with Crippen LogP contribution in [-0.2, 0) is 17.6 Å². The Morgan fingerprint density at radius 3 is 2.96 bits per heavy atom. The normalized spacial score (nSPS) is 15.9.